The first-order valence-corrected chi connectivity index (χ1v) is 6.96. The van der Waals surface area contributed by atoms with E-state index in [-0.39, 0.29) is 11.6 Å². The molecule has 0 aromatic heterocycles. The fourth-order valence-corrected chi connectivity index (χ4v) is 2.13. The third-order valence-corrected chi connectivity index (χ3v) is 3.44. The molecular formula is C16H9BrFNO2. The number of benzene rings is 2. The normalized spacial score (nSPS) is 16.0. The van der Waals surface area contributed by atoms with E-state index in [4.69, 9.17) is 4.74 Å². The molecule has 2 aromatic rings. The molecular weight excluding hydrogens is 337 g/mol. The van der Waals surface area contributed by atoms with Crippen LogP contribution in [-0.2, 0) is 9.53 Å². The number of carbonyl (C=O) groups excluding carboxylic acids is 1. The smallest absolute Gasteiger partial charge is 0.363 e. The molecule has 0 unspecified atom stereocenters. The van der Waals surface area contributed by atoms with E-state index in [9.17, 15) is 9.18 Å². The molecule has 0 bridgehead atoms. The van der Waals surface area contributed by atoms with Gasteiger partial charge in [0.15, 0.2) is 5.70 Å². The lowest BCUT2D eigenvalue weighted by Gasteiger charge is -1.98. The van der Waals surface area contributed by atoms with E-state index >= 15 is 0 Å². The third-order valence-electron chi connectivity index (χ3n) is 2.91. The molecule has 0 fully saturated rings. The SMILES string of the molecule is O=C1OC(c2ccc(Br)cc2)=N/C1=C/c1ccccc1F. The van der Waals surface area contributed by atoms with Crippen LogP contribution in [0.2, 0.25) is 0 Å². The predicted molar refractivity (Wildman–Crippen MR) is 81.1 cm³/mol. The van der Waals surface area contributed by atoms with Gasteiger partial charge in [0.2, 0.25) is 5.90 Å². The van der Waals surface area contributed by atoms with Crippen molar-refractivity contribution in [1.29, 1.82) is 0 Å². The van der Waals surface area contributed by atoms with Crippen LogP contribution in [0.1, 0.15) is 11.1 Å². The number of aliphatic imine (C=N–C) groups is 1. The fourth-order valence-electron chi connectivity index (χ4n) is 1.86. The van der Waals surface area contributed by atoms with Gasteiger partial charge in [-0.25, -0.2) is 14.2 Å². The highest BCUT2D eigenvalue weighted by molar-refractivity contribution is 9.10. The summed E-state index contributed by atoms with van der Waals surface area (Å²) in [5, 5.41) is 0. The van der Waals surface area contributed by atoms with Gasteiger partial charge >= 0.3 is 5.97 Å². The minimum atomic E-state index is -0.587. The van der Waals surface area contributed by atoms with Crippen LogP contribution < -0.4 is 0 Å². The van der Waals surface area contributed by atoms with Gasteiger partial charge < -0.3 is 4.74 Å². The van der Waals surface area contributed by atoms with Gasteiger partial charge in [-0.2, -0.15) is 0 Å². The van der Waals surface area contributed by atoms with Crippen LogP contribution in [0.5, 0.6) is 0 Å². The number of cyclic esters (lactones) is 1. The number of ether oxygens (including phenoxy) is 1. The van der Waals surface area contributed by atoms with Crippen molar-refractivity contribution in [3.63, 3.8) is 0 Å². The summed E-state index contributed by atoms with van der Waals surface area (Å²) in [5.41, 5.74) is 1.06. The molecule has 0 saturated carbocycles. The second kappa shape index (κ2) is 5.61. The Balaban J connectivity index is 1.96. The number of nitrogens with zero attached hydrogens (tertiary/aromatic N) is 1. The standard InChI is InChI=1S/C16H9BrFNO2/c17-12-7-5-10(6-8-12)15-19-14(16(20)21-15)9-11-3-1-2-4-13(11)18/h1-9H/b14-9+. The van der Waals surface area contributed by atoms with Crippen LogP contribution in [0.4, 0.5) is 4.39 Å². The Hall–Kier alpha value is -2.27. The van der Waals surface area contributed by atoms with Gasteiger partial charge in [-0.1, -0.05) is 34.1 Å². The maximum absolute atomic E-state index is 13.6. The van der Waals surface area contributed by atoms with Crippen LogP contribution in [0.3, 0.4) is 0 Å². The average molecular weight is 346 g/mol. The van der Waals surface area contributed by atoms with E-state index in [1.165, 1.54) is 12.1 Å². The molecule has 0 saturated heterocycles. The summed E-state index contributed by atoms with van der Waals surface area (Å²) in [5.74, 6) is -0.781. The molecule has 1 heterocycles. The number of rotatable bonds is 2. The minimum absolute atomic E-state index is 0.0815. The van der Waals surface area contributed by atoms with E-state index in [1.807, 2.05) is 12.1 Å². The predicted octanol–water partition coefficient (Wildman–Crippen LogP) is 3.93. The maximum Gasteiger partial charge on any atom is 0.363 e. The molecule has 5 heteroatoms. The lowest BCUT2D eigenvalue weighted by atomic mass is 10.2. The molecule has 1 aliphatic heterocycles. The molecule has 0 radical (unpaired) electrons. The Bertz CT molecular complexity index is 766. The number of carbonyl (C=O) groups is 1. The first-order chi connectivity index (χ1) is 10.1. The number of halogens is 2. The first kappa shape index (κ1) is 13.7. The summed E-state index contributed by atoms with van der Waals surface area (Å²) in [6, 6.07) is 13.4. The Morgan fingerprint density at radius 1 is 1.10 bits per heavy atom. The molecule has 0 spiro atoms. The summed E-state index contributed by atoms with van der Waals surface area (Å²) in [6.07, 6.45) is 1.38. The van der Waals surface area contributed by atoms with Crippen molar-refractivity contribution < 1.29 is 13.9 Å². The lowest BCUT2D eigenvalue weighted by molar-refractivity contribution is -0.129. The van der Waals surface area contributed by atoms with E-state index < -0.39 is 11.8 Å². The van der Waals surface area contributed by atoms with Gasteiger partial charge in [0, 0.05) is 15.6 Å². The molecule has 2 aromatic carbocycles. The van der Waals surface area contributed by atoms with Crippen LogP contribution in [-0.4, -0.2) is 11.9 Å². The lowest BCUT2D eigenvalue weighted by Crippen LogP contribution is -2.05. The van der Waals surface area contributed by atoms with Gasteiger partial charge in [-0.15, -0.1) is 0 Å². The highest BCUT2D eigenvalue weighted by Gasteiger charge is 2.24. The minimum Gasteiger partial charge on any atom is -0.402 e. The molecule has 104 valence electrons. The van der Waals surface area contributed by atoms with Crippen LogP contribution in [0.25, 0.3) is 6.08 Å². The van der Waals surface area contributed by atoms with E-state index in [2.05, 4.69) is 20.9 Å². The number of hydrogen-bond acceptors (Lipinski definition) is 3. The number of esters is 1. The Morgan fingerprint density at radius 3 is 2.52 bits per heavy atom. The molecule has 1 aliphatic rings. The Kier molecular flexibility index (Phi) is 3.66. The van der Waals surface area contributed by atoms with Crippen molar-refractivity contribution in [2.45, 2.75) is 0 Å². The Morgan fingerprint density at radius 2 is 1.81 bits per heavy atom. The topological polar surface area (TPSA) is 38.7 Å². The highest BCUT2D eigenvalue weighted by atomic mass is 79.9. The molecule has 0 N–H and O–H groups in total. The van der Waals surface area contributed by atoms with Crippen molar-refractivity contribution in [3.8, 4) is 0 Å². The third kappa shape index (κ3) is 2.92. The zero-order valence-electron chi connectivity index (χ0n) is 10.7. The van der Waals surface area contributed by atoms with Crippen molar-refractivity contribution in [2.75, 3.05) is 0 Å². The van der Waals surface area contributed by atoms with Crippen LogP contribution >= 0.6 is 15.9 Å². The zero-order valence-corrected chi connectivity index (χ0v) is 12.3. The number of hydrogen-bond donors (Lipinski definition) is 0. The first-order valence-electron chi connectivity index (χ1n) is 6.16. The summed E-state index contributed by atoms with van der Waals surface area (Å²) < 4.78 is 19.6. The largest absolute Gasteiger partial charge is 0.402 e. The monoisotopic (exact) mass is 345 g/mol. The summed E-state index contributed by atoms with van der Waals surface area (Å²) in [4.78, 5) is 15.9. The van der Waals surface area contributed by atoms with Gasteiger partial charge in [-0.05, 0) is 36.4 Å². The molecule has 0 amide bonds. The second-order valence-corrected chi connectivity index (χ2v) is 5.28. The molecule has 3 rings (SSSR count). The second-order valence-electron chi connectivity index (χ2n) is 4.36. The van der Waals surface area contributed by atoms with E-state index in [0.717, 1.165) is 4.47 Å². The fraction of sp³-hybridized carbons (Fsp3) is 0. The van der Waals surface area contributed by atoms with Crippen molar-refractivity contribution in [1.82, 2.24) is 0 Å². The van der Waals surface area contributed by atoms with Gasteiger partial charge in [0.05, 0.1) is 0 Å². The van der Waals surface area contributed by atoms with Gasteiger partial charge in [0.25, 0.3) is 0 Å². The quantitative estimate of drug-likeness (QED) is 0.610. The van der Waals surface area contributed by atoms with Gasteiger partial charge in [-0.3, -0.25) is 0 Å². The maximum atomic E-state index is 13.6. The van der Waals surface area contributed by atoms with Crippen LogP contribution in [0.15, 0.2) is 63.7 Å². The molecule has 21 heavy (non-hydrogen) atoms. The van der Waals surface area contributed by atoms with E-state index in [0.29, 0.717) is 11.1 Å². The summed E-state index contributed by atoms with van der Waals surface area (Å²) in [6.45, 7) is 0. The van der Waals surface area contributed by atoms with Crippen molar-refractivity contribution >= 4 is 33.9 Å². The van der Waals surface area contributed by atoms with Crippen molar-refractivity contribution in [2.24, 2.45) is 4.99 Å². The van der Waals surface area contributed by atoms with Crippen molar-refractivity contribution in [3.05, 3.63) is 75.6 Å². The zero-order chi connectivity index (χ0) is 14.8. The summed E-state index contributed by atoms with van der Waals surface area (Å²) in [7, 11) is 0. The molecule has 0 atom stereocenters. The summed E-state index contributed by atoms with van der Waals surface area (Å²) >= 11 is 3.33. The highest BCUT2D eigenvalue weighted by Crippen LogP contribution is 2.21. The van der Waals surface area contributed by atoms with Crippen LogP contribution in [0, 0.1) is 5.82 Å². The molecule has 3 nitrogen and oxygen atoms in total. The Labute approximate surface area is 128 Å². The average Bonchev–Trinajstić information content (AvgIpc) is 2.83. The van der Waals surface area contributed by atoms with Gasteiger partial charge in [0.1, 0.15) is 5.82 Å². The van der Waals surface area contributed by atoms with E-state index in [1.54, 1.807) is 30.3 Å². The molecule has 0 aliphatic carbocycles.